The minimum atomic E-state index is -0.801. The SMILES string of the molecule is CCn1c(=O)c2cnc(Nc3ccc4c(c3)CCNC43CC3)nc2n1-c1nc(C(C)(C)CF)co1. The number of oxazole rings is 1. The molecular weight excluding hydrogens is 449 g/mol. The molecule has 4 aromatic rings. The first-order valence-electron chi connectivity index (χ1n) is 12.0. The molecule has 0 radical (unpaired) electrons. The van der Waals surface area contributed by atoms with E-state index in [9.17, 15) is 9.18 Å². The largest absolute Gasteiger partial charge is 0.430 e. The highest BCUT2D eigenvalue weighted by Gasteiger charge is 2.46. The van der Waals surface area contributed by atoms with Crippen LogP contribution in [-0.2, 0) is 23.9 Å². The second-order valence-electron chi connectivity index (χ2n) is 10.1. The standard InChI is InChI=1S/C25H28FN7O2/c1-4-32-21(34)17-12-27-22(29-16-5-6-18-15(11-16)7-10-28-25(18)8-9-25)31-20(17)33(32)23-30-19(13-35-23)24(2,3)14-26/h5-6,11-13,28H,4,7-10,14H2,1-3H3,(H,27,29,31). The van der Waals surface area contributed by atoms with E-state index in [1.165, 1.54) is 45.8 Å². The van der Waals surface area contributed by atoms with Gasteiger partial charge in [-0.05, 0) is 49.4 Å². The molecule has 3 aromatic heterocycles. The maximum Gasteiger partial charge on any atom is 0.323 e. The van der Waals surface area contributed by atoms with Gasteiger partial charge in [0.25, 0.3) is 5.56 Å². The molecule has 10 heteroatoms. The Morgan fingerprint density at radius 2 is 2.11 bits per heavy atom. The molecule has 2 aliphatic rings. The van der Waals surface area contributed by atoms with E-state index in [4.69, 9.17) is 4.42 Å². The van der Waals surface area contributed by atoms with E-state index in [-0.39, 0.29) is 17.1 Å². The van der Waals surface area contributed by atoms with Crippen LogP contribution in [0.5, 0.6) is 0 Å². The lowest BCUT2D eigenvalue weighted by Crippen LogP contribution is -2.36. The topological polar surface area (TPSA) is 103 Å². The molecule has 0 unspecified atom stereocenters. The van der Waals surface area contributed by atoms with Gasteiger partial charge in [0, 0.05) is 35.9 Å². The van der Waals surface area contributed by atoms with Crippen LogP contribution in [0.25, 0.3) is 17.0 Å². The first-order chi connectivity index (χ1) is 16.8. The van der Waals surface area contributed by atoms with Crippen molar-refractivity contribution >= 4 is 22.7 Å². The predicted octanol–water partition coefficient (Wildman–Crippen LogP) is 3.72. The summed E-state index contributed by atoms with van der Waals surface area (Å²) in [6, 6.07) is 6.55. The highest BCUT2D eigenvalue weighted by Crippen LogP contribution is 2.48. The summed E-state index contributed by atoms with van der Waals surface area (Å²) >= 11 is 0. The Hall–Kier alpha value is -3.53. The molecule has 0 saturated heterocycles. The number of alkyl halides is 1. The maximum absolute atomic E-state index is 13.5. The lowest BCUT2D eigenvalue weighted by Gasteiger charge is -2.27. The smallest absolute Gasteiger partial charge is 0.323 e. The van der Waals surface area contributed by atoms with Gasteiger partial charge in [-0.2, -0.15) is 14.6 Å². The lowest BCUT2D eigenvalue weighted by molar-refractivity contribution is 0.343. The molecule has 35 heavy (non-hydrogen) atoms. The average Bonchev–Trinajstić information content (AvgIpc) is 3.33. The predicted molar refractivity (Wildman–Crippen MR) is 130 cm³/mol. The fraction of sp³-hybridized carbons (Fsp3) is 0.440. The zero-order valence-corrected chi connectivity index (χ0v) is 20.1. The molecule has 6 rings (SSSR count). The molecule has 0 bridgehead atoms. The van der Waals surface area contributed by atoms with Crippen LogP contribution in [0.4, 0.5) is 16.0 Å². The van der Waals surface area contributed by atoms with Crippen LogP contribution < -0.4 is 16.2 Å². The van der Waals surface area contributed by atoms with Crippen molar-refractivity contribution in [3.8, 4) is 6.01 Å². The summed E-state index contributed by atoms with van der Waals surface area (Å²) in [4.78, 5) is 26.6. The minimum absolute atomic E-state index is 0.163. The number of nitrogens with zero attached hydrogens (tertiary/aromatic N) is 5. The lowest BCUT2D eigenvalue weighted by atomic mass is 9.92. The van der Waals surface area contributed by atoms with Crippen molar-refractivity contribution in [2.24, 2.45) is 0 Å². The number of hydrogen-bond acceptors (Lipinski definition) is 7. The monoisotopic (exact) mass is 477 g/mol. The molecule has 1 aliphatic heterocycles. The molecule has 2 N–H and O–H groups in total. The third-order valence-corrected chi connectivity index (χ3v) is 7.16. The quantitative estimate of drug-likeness (QED) is 0.436. The summed E-state index contributed by atoms with van der Waals surface area (Å²) in [6.45, 7) is 6.13. The van der Waals surface area contributed by atoms with Crippen LogP contribution in [0, 0.1) is 0 Å². The first kappa shape index (κ1) is 22.0. The highest BCUT2D eigenvalue weighted by atomic mass is 19.1. The Labute approximate surface area is 201 Å². The van der Waals surface area contributed by atoms with Crippen molar-refractivity contribution in [1.29, 1.82) is 0 Å². The van der Waals surface area contributed by atoms with Gasteiger partial charge in [0.1, 0.15) is 18.3 Å². The molecule has 0 atom stereocenters. The number of anilines is 2. The molecule has 1 aromatic carbocycles. The summed E-state index contributed by atoms with van der Waals surface area (Å²) in [5.74, 6) is 0.366. The molecule has 0 amide bonds. The number of hydrogen-bond donors (Lipinski definition) is 2. The van der Waals surface area contributed by atoms with Gasteiger partial charge in [-0.3, -0.25) is 9.18 Å². The van der Waals surface area contributed by atoms with Crippen molar-refractivity contribution in [1.82, 2.24) is 29.6 Å². The minimum Gasteiger partial charge on any atom is -0.430 e. The summed E-state index contributed by atoms with van der Waals surface area (Å²) in [5, 5.41) is 7.29. The third-order valence-electron chi connectivity index (χ3n) is 7.16. The van der Waals surface area contributed by atoms with Crippen LogP contribution >= 0.6 is 0 Å². The fourth-order valence-corrected chi connectivity index (χ4v) is 4.89. The van der Waals surface area contributed by atoms with Crippen LogP contribution in [0.3, 0.4) is 0 Å². The van der Waals surface area contributed by atoms with E-state index in [1.807, 2.05) is 13.0 Å². The molecule has 1 aliphatic carbocycles. The zero-order valence-electron chi connectivity index (χ0n) is 20.1. The molecule has 1 saturated carbocycles. The van der Waals surface area contributed by atoms with Crippen LogP contribution in [0.1, 0.15) is 50.4 Å². The van der Waals surface area contributed by atoms with E-state index in [1.54, 1.807) is 13.8 Å². The Morgan fingerprint density at radius 3 is 2.86 bits per heavy atom. The highest BCUT2D eigenvalue weighted by molar-refractivity contribution is 5.76. The number of halogens is 1. The van der Waals surface area contributed by atoms with Crippen molar-refractivity contribution < 1.29 is 8.81 Å². The van der Waals surface area contributed by atoms with Gasteiger partial charge in [0.15, 0.2) is 5.65 Å². The van der Waals surface area contributed by atoms with E-state index in [2.05, 4.69) is 37.7 Å². The number of rotatable bonds is 6. The summed E-state index contributed by atoms with van der Waals surface area (Å²) in [6.07, 6.45) is 6.30. The molecular formula is C25H28FN7O2. The third kappa shape index (κ3) is 3.46. The van der Waals surface area contributed by atoms with E-state index >= 15 is 0 Å². The summed E-state index contributed by atoms with van der Waals surface area (Å²) < 4.78 is 22.2. The van der Waals surface area contributed by atoms with E-state index in [0.29, 0.717) is 29.2 Å². The Kier molecular flexibility index (Phi) is 4.86. The molecule has 9 nitrogen and oxygen atoms in total. The molecule has 4 heterocycles. The average molecular weight is 478 g/mol. The Bertz CT molecular complexity index is 1500. The second-order valence-corrected chi connectivity index (χ2v) is 10.1. The van der Waals surface area contributed by atoms with Crippen LogP contribution in [-0.4, -0.2) is 37.5 Å². The number of benzene rings is 1. The molecule has 1 fully saturated rings. The Morgan fingerprint density at radius 1 is 1.29 bits per heavy atom. The van der Waals surface area contributed by atoms with Crippen molar-refractivity contribution in [3.63, 3.8) is 0 Å². The number of fused-ring (bicyclic) bond motifs is 3. The normalized spacial score (nSPS) is 16.6. The summed E-state index contributed by atoms with van der Waals surface area (Å²) in [5.41, 5.74) is 3.59. The maximum atomic E-state index is 13.5. The second kappa shape index (κ2) is 7.74. The van der Waals surface area contributed by atoms with Gasteiger partial charge in [-0.25, -0.2) is 9.67 Å². The molecule has 1 spiro atoms. The fourth-order valence-electron chi connectivity index (χ4n) is 4.89. The van der Waals surface area contributed by atoms with Crippen LogP contribution in [0.15, 0.2) is 39.9 Å². The van der Waals surface area contributed by atoms with Crippen molar-refractivity contribution in [3.05, 3.63) is 57.8 Å². The van der Waals surface area contributed by atoms with Gasteiger partial charge >= 0.3 is 6.01 Å². The summed E-state index contributed by atoms with van der Waals surface area (Å²) in [7, 11) is 0. The Balaban J connectivity index is 1.40. The zero-order chi connectivity index (χ0) is 24.4. The van der Waals surface area contributed by atoms with Crippen molar-refractivity contribution in [2.45, 2.75) is 57.5 Å². The molecule has 182 valence electrons. The van der Waals surface area contributed by atoms with Crippen LogP contribution in [0.2, 0.25) is 0 Å². The van der Waals surface area contributed by atoms with Gasteiger partial charge in [0.2, 0.25) is 5.95 Å². The van der Waals surface area contributed by atoms with E-state index in [0.717, 1.165) is 18.7 Å². The van der Waals surface area contributed by atoms with Gasteiger partial charge in [0.05, 0.1) is 5.69 Å². The van der Waals surface area contributed by atoms with E-state index < -0.39 is 12.1 Å². The van der Waals surface area contributed by atoms with Gasteiger partial charge in [-0.1, -0.05) is 19.9 Å². The van der Waals surface area contributed by atoms with Crippen molar-refractivity contribution in [2.75, 3.05) is 18.5 Å². The number of nitrogens with one attached hydrogen (secondary N) is 2. The van der Waals surface area contributed by atoms with Gasteiger partial charge < -0.3 is 15.1 Å². The first-order valence-corrected chi connectivity index (χ1v) is 12.0. The number of aromatic nitrogens is 5. The van der Waals surface area contributed by atoms with Gasteiger partial charge in [-0.15, -0.1) is 0 Å².